The summed E-state index contributed by atoms with van der Waals surface area (Å²) in [5, 5.41) is 2.23. The fraction of sp³-hybridized carbons (Fsp3) is 0.353. The molecular formula is C17H18N2O. The summed E-state index contributed by atoms with van der Waals surface area (Å²) in [6.45, 7) is 5.17. The van der Waals surface area contributed by atoms with E-state index in [-0.39, 0.29) is 11.8 Å². The third-order valence-corrected chi connectivity index (χ3v) is 4.64. The quantitative estimate of drug-likeness (QED) is 0.777. The van der Waals surface area contributed by atoms with Crippen molar-refractivity contribution in [1.82, 2.24) is 9.80 Å². The lowest BCUT2D eigenvalue weighted by molar-refractivity contribution is 0.0160. The van der Waals surface area contributed by atoms with Gasteiger partial charge in [0, 0.05) is 38.3 Å². The predicted molar refractivity (Wildman–Crippen MR) is 80.1 cm³/mol. The van der Waals surface area contributed by atoms with E-state index in [1.54, 1.807) is 0 Å². The molecule has 3 aliphatic heterocycles. The van der Waals surface area contributed by atoms with Crippen molar-refractivity contribution in [2.24, 2.45) is 0 Å². The van der Waals surface area contributed by atoms with Crippen LogP contribution < -0.4 is 0 Å². The summed E-state index contributed by atoms with van der Waals surface area (Å²) in [7, 11) is 0. The number of hydrogen-bond acceptors (Lipinski definition) is 3. The van der Waals surface area contributed by atoms with Crippen LogP contribution in [0.4, 0.5) is 0 Å². The van der Waals surface area contributed by atoms with Crippen LogP contribution >= 0.6 is 0 Å². The third-order valence-electron chi connectivity index (χ3n) is 4.64. The Labute approximate surface area is 118 Å². The summed E-state index contributed by atoms with van der Waals surface area (Å²) in [4.78, 5) is 17.7. The monoisotopic (exact) mass is 266 g/mol. The van der Waals surface area contributed by atoms with Crippen molar-refractivity contribution < 1.29 is 4.79 Å². The van der Waals surface area contributed by atoms with Crippen LogP contribution in [0.3, 0.4) is 0 Å². The lowest BCUT2D eigenvalue weighted by atomic mass is 9.94. The molecule has 0 N–H and O–H groups in total. The van der Waals surface area contributed by atoms with Crippen LogP contribution in [-0.2, 0) is 0 Å². The zero-order valence-electron chi connectivity index (χ0n) is 11.5. The second kappa shape index (κ2) is 4.69. The van der Waals surface area contributed by atoms with Crippen molar-refractivity contribution in [3.63, 3.8) is 0 Å². The second-order valence-corrected chi connectivity index (χ2v) is 5.74. The second-order valence-electron chi connectivity index (χ2n) is 5.74. The summed E-state index contributed by atoms with van der Waals surface area (Å²) in [5.41, 5.74) is 0.877. The van der Waals surface area contributed by atoms with E-state index in [0.29, 0.717) is 0 Å². The minimum atomic E-state index is 0.0447. The summed E-state index contributed by atoms with van der Waals surface area (Å²) >= 11 is 0. The molecule has 20 heavy (non-hydrogen) atoms. The predicted octanol–water partition coefficient (Wildman–Crippen LogP) is 2.02. The van der Waals surface area contributed by atoms with E-state index < -0.39 is 0 Å². The number of carbonyl (C=O) groups excluding carboxylic acids is 1. The van der Waals surface area contributed by atoms with E-state index in [9.17, 15) is 4.79 Å². The molecule has 5 rings (SSSR count). The number of hydrogen-bond donors (Lipinski definition) is 0. The number of piperazine rings is 3. The Hall–Kier alpha value is -1.71. The molecule has 3 nitrogen and oxygen atoms in total. The van der Waals surface area contributed by atoms with Gasteiger partial charge in [-0.1, -0.05) is 42.5 Å². The van der Waals surface area contributed by atoms with Gasteiger partial charge in [0.1, 0.15) is 0 Å². The van der Waals surface area contributed by atoms with Crippen LogP contribution in [0.25, 0.3) is 10.8 Å². The first-order valence-electron chi connectivity index (χ1n) is 7.31. The van der Waals surface area contributed by atoms with Crippen LogP contribution in [0, 0.1) is 0 Å². The third kappa shape index (κ3) is 1.86. The van der Waals surface area contributed by atoms with Gasteiger partial charge in [0.25, 0.3) is 0 Å². The Morgan fingerprint density at radius 1 is 0.950 bits per heavy atom. The van der Waals surface area contributed by atoms with Gasteiger partial charge in [-0.05, 0) is 10.8 Å². The lowest BCUT2D eigenvalue weighted by Crippen LogP contribution is -2.63. The summed E-state index contributed by atoms with van der Waals surface area (Å²) in [5.74, 6) is 0.284. The molecule has 3 saturated heterocycles. The highest BCUT2D eigenvalue weighted by molar-refractivity contribution is 6.10. The Balaban J connectivity index is 1.74. The molecular weight excluding hydrogens is 248 g/mol. The van der Waals surface area contributed by atoms with Crippen molar-refractivity contribution in [2.45, 2.75) is 6.04 Å². The molecule has 2 bridgehead atoms. The standard InChI is InChI=1S/C17H18N2O/c20-17(16-12-18-8-10-19(16)11-9-18)15-7-3-5-13-4-1-2-6-14(13)15/h1-7,16H,8-12H2. The van der Waals surface area contributed by atoms with Crippen molar-refractivity contribution in [3.8, 4) is 0 Å². The van der Waals surface area contributed by atoms with Gasteiger partial charge < -0.3 is 0 Å². The number of ketones is 1. The van der Waals surface area contributed by atoms with Gasteiger partial charge >= 0.3 is 0 Å². The van der Waals surface area contributed by atoms with E-state index in [4.69, 9.17) is 0 Å². The Morgan fingerprint density at radius 3 is 2.45 bits per heavy atom. The Kier molecular flexibility index (Phi) is 2.83. The molecule has 0 aromatic heterocycles. The molecule has 2 aromatic rings. The van der Waals surface area contributed by atoms with Crippen molar-refractivity contribution >= 4 is 16.6 Å². The average molecular weight is 266 g/mol. The topological polar surface area (TPSA) is 23.6 Å². The Bertz CT molecular complexity index is 654. The van der Waals surface area contributed by atoms with Crippen LogP contribution in [0.15, 0.2) is 42.5 Å². The minimum absolute atomic E-state index is 0.0447. The normalized spacial score (nSPS) is 28.7. The van der Waals surface area contributed by atoms with Gasteiger partial charge in [0.2, 0.25) is 0 Å². The smallest absolute Gasteiger partial charge is 0.181 e. The molecule has 3 heterocycles. The molecule has 3 aliphatic rings. The number of Topliss-reactive ketones (excluding diaryl/α,β-unsaturated/α-hetero) is 1. The molecule has 0 amide bonds. The van der Waals surface area contributed by atoms with Gasteiger partial charge in [-0.2, -0.15) is 0 Å². The van der Waals surface area contributed by atoms with Crippen molar-refractivity contribution in [2.75, 3.05) is 32.7 Å². The first-order valence-corrected chi connectivity index (χ1v) is 7.31. The van der Waals surface area contributed by atoms with E-state index >= 15 is 0 Å². The van der Waals surface area contributed by atoms with E-state index in [0.717, 1.165) is 49.1 Å². The zero-order valence-corrected chi connectivity index (χ0v) is 11.5. The van der Waals surface area contributed by atoms with Gasteiger partial charge in [-0.3, -0.25) is 14.6 Å². The molecule has 1 atom stereocenters. The number of nitrogens with zero attached hydrogens (tertiary/aromatic N) is 2. The fourth-order valence-corrected chi connectivity index (χ4v) is 3.49. The molecule has 0 saturated carbocycles. The molecule has 0 spiro atoms. The molecule has 2 aromatic carbocycles. The zero-order chi connectivity index (χ0) is 13.5. The van der Waals surface area contributed by atoms with E-state index in [1.165, 1.54) is 0 Å². The average Bonchev–Trinajstić information content (AvgIpc) is 2.54. The number of rotatable bonds is 2. The van der Waals surface area contributed by atoms with Crippen molar-refractivity contribution in [1.29, 1.82) is 0 Å². The minimum Gasteiger partial charge on any atom is -0.299 e. The number of carbonyl (C=O) groups is 1. The van der Waals surface area contributed by atoms with Gasteiger partial charge in [-0.25, -0.2) is 0 Å². The van der Waals surface area contributed by atoms with Gasteiger partial charge in [0.05, 0.1) is 6.04 Å². The van der Waals surface area contributed by atoms with Crippen LogP contribution in [-0.4, -0.2) is 54.3 Å². The van der Waals surface area contributed by atoms with Gasteiger partial charge in [0.15, 0.2) is 5.78 Å². The molecule has 0 radical (unpaired) electrons. The first-order chi connectivity index (χ1) is 9.83. The van der Waals surface area contributed by atoms with Crippen LogP contribution in [0.1, 0.15) is 10.4 Å². The van der Waals surface area contributed by atoms with E-state index in [2.05, 4.69) is 28.0 Å². The van der Waals surface area contributed by atoms with Crippen LogP contribution in [0.2, 0.25) is 0 Å². The maximum atomic E-state index is 12.9. The number of benzene rings is 2. The fourth-order valence-electron chi connectivity index (χ4n) is 3.49. The maximum absolute atomic E-state index is 12.9. The first kappa shape index (κ1) is 12.1. The lowest BCUT2D eigenvalue weighted by Gasteiger charge is -2.46. The molecule has 1 unspecified atom stereocenters. The highest BCUT2D eigenvalue weighted by Gasteiger charge is 2.36. The molecule has 102 valence electrons. The number of fused-ring (bicyclic) bond motifs is 4. The SMILES string of the molecule is O=C(c1cccc2ccccc12)C1CN2CCN1CC2. The summed E-state index contributed by atoms with van der Waals surface area (Å²) < 4.78 is 0. The van der Waals surface area contributed by atoms with E-state index in [1.807, 2.05) is 24.3 Å². The molecule has 3 fully saturated rings. The summed E-state index contributed by atoms with van der Waals surface area (Å²) in [6, 6.07) is 14.2. The summed E-state index contributed by atoms with van der Waals surface area (Å²) in [6.07, 6.45) is 0. The maximum Gasteiger partial charge on any atom is 0.181 e. The van der Waals surface area contributed by atoms with Crippen LogP contribution in [0.5, 0.6) is 0 Å². The molecule has 3 heteroatoms. The molecule has 0 aliphatic carbocycles. The highest BCUT2D eigenvalue weighted by Crippen LogP contribution is 2.24. The largest absolute Gasteiger partial charge is 0.299 e. The Morgan fingerprint density at radius 2 is 1.70 bits per heavy atom. The van der Waals surface area contributed by atoms with Crippen molar-refractivity contribution in [3.05, 3.63) is 48.0 Å². The van der Waals surface area contributed by atoms with Gasteiger partial charge in [-0.15, -0.1) is 0 Å². The highest BCUT2D eigenvalue weighted by atomic mass is 16.1.